The molecule has 2 aromatic rings. The van der Waals surface area contributed by atoms with Crippen molar-refractivity contribution in [3.63, 3.8) is 0 Å². The molecule has 168 valence electrons. The predicted octanol–water partition coefficient (Wildman–Crippen LogP) is 3.35. The van der Waals surface area contributed by atoms with Crippen molar-refractivity contribution in [3.05, 3.63) is 30.0 Å². The lowest BCUT2D eigenvalue weighted by molar-refractivity contribution is -0.134. The van der Waals surface area contributed by atoms with Crippen LogP contribution in [0.3, 0.4) is 0 Å². The molecule has 2 heterocycles. The summed E-state index contributed by atoms with van der Waals surface area (Å²) < 4.78 is 12.6. The van der Waals surface area contributed by atoms with Gasteiger partial charge in [-0.3, -0.25) is 9.59 Å². The number of methoxy groups -OCH3 is 2. The van der Waals surface area contributed by atoms with Crippen LogP contribution in [0.25, 0.3) is 10.9 Å². The van der Waals surface area contributed by atoms with Crippen molar-refractivity contribution < 1.29 is 19.1 Å². The van der Waals surface area contributed by atoms with Crippen LogP contribution < -0.4 is 10.1 Å². The number of benzene rings is 1. The first kappa shape index (κ1) is 21.7. The highest BCUT2D eigenvalue weighted by molar-refractivity contribution is 6.03. The summed E-state index contributed by atoms with van der Waals surface area (Å²) in [7, 11) is 3.24. The van der Waals surface area contributed by atoms with Gasteiger partial charge in [-0.05, 0) is 38.0 Å². The lowest BCUT2D eigenvalue weighted by Crippen LogP contribution is -2.65. The Balaban J connectivity index is 1.71. The molecule has 4 rings (SSSR count). The van der Waals surface area contributed by atoms with Gasteiger partial charge in [0.25, 0.3) is 5.91 Å². The summed E-state index contributed by atoms with van der Waals surface area (Å²) in [5.41, 5.74) is 0.505. The minimum Gasteiger partial charge on any atom is -0.497 e. The molecule has 1 unspecified atom stereocenters. The number of nitrogens with zero attached hydrogens (tertiary/aromatic N) is 2. The molecule has 2 amide bonds. The molecular weight excluding hydrogens is 394 g/mol. The van der Waals surface area contributed by atoms with Gasteiger partial charge in [0.1, 0.15) is 17.0 Å². The van der Waals surface area contributed by atoms with Gasteiger partial charge in [0.15, 0.2) is 0 Å². The van der Waals surface area contributed by atoms with E-state index in [0.29, 0.717) is 25.4 Å². The third-order valence-electron chi connectivity index (χ3n) is 6.84. The second kappa shape index (κ2) is 8.91. The Morgan fingerprint density at radius 2 is 1.90 bits per heavy atom. The number of ether oxygens (including phenoxy) is 2. The van der Waals surface area contributed by atoms with Gasteiger partial charge in [0.05, 0.1) is 25.8 Å². The summed E-state index contributed by atoms with van der Waals surface area (Å²) in [6.07, 6.45) is 6.73. The van der Waals surface area contributed by atoms with Gasteiger partial charge in [-0.2, -0.15) is 0 Å². The number of nitrogens with one attached hydrogen (secondary N) is 1. The molecule has 0 saturated heterocycles. The number of carbonyl (C=O) groups is 2. The van der Waals surface area contributed by atoms with Gasteiger partial charge >= 0.3 is 0 Å². The SMILES string of the molecule is COCCN1C(=O)c2cc3ccc(OC)cc3n2CC1(C)C(=O)NC1CCCCCC1. The largest absolute Gasteiger partial charge is 0.497 e. The summed E-state index contributed by atoms with van der Waals surface area (Å²) in [5.74, 6) is 0.503. The number of carbonyl (C=O) groups excluding carboxylic acids is 2. The first-order valence-corrected chi connectivity index (χ1v) is 11.3. The molecule has 7 heteroatoms. The molecule has 1 saturated carbocycles. The fourth-order valence-corrected chi connectivity index (χ4v) is 4.95. The summed E-state index contributed by atoms with van der Waals surface area (Å²) in [5, 5.41) is 4.24. The van der Waals surface area contributed by atoms with Gasteiger partial charge in [0, 0.05) is 31.1 Å². The van der Waals surface area contributed by atoms with E-state index in [-0.39, 0.29) is 17.9 Å². The molecule has 0 spiro atoms. The highest BCUT2D eigenvalue weighted by Gasteiger charge is 2.47. The van der Waals surface area contributed by atoms with Crippen LogP contribution in [0.1, 0.15) is 55.9 Å². The van der Waals surface area contributed by atoms with E-state index in [9.17, 15) is 9.59 Å². The van der Waals surface area contributed by atoms with Crippen LogP contribution in [0.4, 0.5) is 0 Å². The van der Waals surface area contributed by atoms with E-state index in [1.165, 1.54) is 12.8 Å². The van der Waals surface area contributed by atoms with E-state index in [1.54, 1.807) is 19.1 Å². The second-order valence-electron chi connectivity index (χ2n) is 8.93. The Morgan fingerprint density at radius 3 is 2.58 bits per heavy atom. The Hall–Kier alpha value is -2.54. The Bertz CT molecular complexity index is 961. The number of rotatable bonds is 6. The number of aromatic nitrogens is 1. The van der Waals surface area contributed by atoms with Crippen molar-refractivity contribution in [1.29, 1.82) is 0 Å². The molecule has 2 aliphatic rings. The van der Waals surface area contributed by atoms with Gasteiger partial charge in [-0.1, -0.05) is 25.7 Å². The zero-order chi connectivity index (χ0) is 22.0. The first-order chi connectivity index (χ1) is 15.0. The van der Waals surface area contributed by atoms with Crippen LogP contribution in [0.2, 0.25) is 0 Å². The van der Waals surface area contributed by atoms with Crippen LogP contribution >= 0.6 is 0 Å². The lowest BCUT2D eigenvalue weighted by Gasteiger charge is -2.44. The van der Waals surface area contributed by atoms with E-state index in [4.69, 9.17) is 9.47 Å². The monoisotopic (exact) mass is 427 g/mol. The van der Waals surface area contributed by atoms with Gasteiger partial charge in [0.2, 0.25) is 5.91 Å². The van der Waals surface area contributed by atoms with Crippen LogP contribution in [0.5, 0.6) is 5.75 Å². The van der Waals surface area contributed by atoms with E-state index >= 15 is 0 Å². The fraction of sp³-hybridized carbons (Fsp3) is 0.583. The summed E-state index contributed by atoms with van der Waals surface area (Å²) in [6, 6.07) is 7.85. The molecule has 1 aliphatic heterocycles. The molecule has 0 bridgehead atoms. The molecule has 1 fully saturated rings. The molecule has 1 atom stereocenters. The molecule has 0 radical (unpaired) electrons. The summed E-state index contributed by atoms with van der Waals surface area (Å²) in [6.45, 7) is 3.02. The smallest absolute Gasteiger partial charge is 0.271 e. The standard InChI is InChI=1S/C24H33N3O4/c1-24(23(29)25-18-8-6-4-5-7-9-18)16-26-20-15-19(31-3)11-10-17(20)14-21(26)22(28)27(24)12-13-30-2/h10-11,14-15,18H,4-9,12-13,16H2,1-3H3,(H,25,29). The average Bonchev–Trinajstić information content (AvgIpc) is 2.93. The highest BCUT2D eigenvalue weighted by atomic mass is 16.5. The van der Waals surface area contributed by atoms with Crippen molar-refractivity contribution in [3.8, 4) is 5.75 Å². The topological polar surface area (TPSA) is 72.8 Å². The van der Waals surface area contributed by atoms with Crippen molar-refractivity contribution in [2.75, 3.05) is 27.4 Å². The van der Waals surface area contributed by atoms with E-state index < -0.39 is 5.54 Å². The summed E-state index contributed by atoms with van der Waals surface area (Å²) in [4.78, 5) is 28.9. The van der Waals surface area contributed by atoms with Gasteiger partial charge < -0.3 is 24.3 Å². The maximum atomic E-state index is 13.6. The van der Waals surface area contributed by atoms with Crippen LogP contribution in [0.15, 0.2) is 24.3 Å². The second-order valence-corrected chi connectivity index (χ2v) is 8.93. The van der Waals surface area contributed by atoms with E-state index in [2.05, 4.69) is 5.32 Å². The quantitative estimate of drug-likeness (QED) is 0.718. The lowest BCUT2D eigenvalue weighted by atomic mass is 9.93. The van der Waals surface area contributed by atoms with E-state index in [0.717, 1.165) is 42.3 Å². The number of hydrogen-bond donors (Lipinski definition) is 1. The van der Waals surface area contributed by atoms with E-state index in [1.807, 2.05) is 35.8 Å². The maximum absolute atomic E-state index is 13.6. The molecule has 1 aromatic heterocycles. The Kier molecular flexibility index (Phi) is 6.23. The molecule has 1 aromatic carbocycles. The molecule has 1 N–H and O–H groups in total. The number of amides is 2. The molecular formula is C24H33N3O4. The van der Waals surface area contributed by atoms with Crippen molar-refractivity contribution in [1.82, 2.24) is 14.8 Å². The third-order valence-corrected chi connectivity index (χ3v) is 6.84. The normalized spacial score (nSPS) is 22.3. The molecule has 7 nitrogen and oxygen atoms in total. The highest BCUT2D eigenvalue weighted by Crippen LogP contribution is 2.34. The zero-order valence-corrected chi connectivity index (χ0v) is 18.8. The van der Waals surface area contributed by atoms with Crippen molar-refractivity contribution in [2.45, 2.75) is 63.6 Å². The molecule has 31 heavy (non-hydrogen) atoms. The minimum atomic E-state index is -0.996. The zero-order valence-electron chi connectivity index (χ0n) is 18.8. The molecule has 1 aliphatic carbocycles. The van der Waals surface area contributed by atoms with Crippen molar-refractivity contribution in [2.24, 2.45) is 0 Å². The van der Waals surface area contributed by atoms with Crippen LogP contribution in [-0.4, -0.2) is 60.2 Å². The van der Waals surface area contributed by atoms with Crippen LogP contribution in [-0.2, 0) is 16.1 Å². The predicted molar refractivity (Wildman–Crippen MR) is 119 cm³/mol. The van der Waals surface area contributed by atoms with Gasteiger partial charge in [-0.25, -0.2) is 0 Å². The average molecular weight is 428 g/mol. The van der Waals surface area contributed by atoms with Crippen LogP contribution in [0, 0.1) is 0 Å². The summed E-state index contributed by atoms with van der Waals surface area (Å²) >= 11 is 0. The number of fused-ring (bicyclic) bond motifs is 3. The van der Waals surface area contributed by atoms with Gasteiger partial charge in [-0.15, -0.1) is 0 Å². The Morgan fingerprint density at radius 1 is 1.16 bits per heavy atom. The maximum Gasteiger partial charge on any atom is 0.271 e. The fourth-order valence-electron chi connectivity index (χ4n) is 4.95. The minimum absolute atomic E-state index is 0.0840. The Labute approximate surface area is 183 Å². The third kappa shape index (κ3) is 4.03. The van der Waals surface area contributed by atoms with Crippen molar-refractivity contribution >= 4 is 22.7 Å². The number of hydrogen-bond acceptors (Lipinski definition) is 4. The first-order valence-electron chi connectivity index (χ1n) is 11.3.